The van der Waals surface area contributed by atoms with Crippen LogP contribution in [0.15, 0.2) is 60.8 Å². The molecule has 0 aromatic carbocycles. The van der Waals surface area contributed by atoms with Gasteiger partial charge in [0.2, 0.25) is 0 Å². The highest BCUT2D eigenvalue weighted by Crippen LogP contribution is 2.17. The highest BCUT2D eigenvalue weighted by atomic mass is 16.6. The quantitative estimate of drug-likeness (QED) is 0.0261. The summed E-state index contributed by atoms with van der Waals surface area (Å²) in [4.78, 5) is 38.4. The van der Waals surface area contributed by atoms with Gasteiger partial charge >= 0.3 is 17.9 Å². The van der Waals surface area contributed by atoms with Crippen LogP contribution in [0.1, 0.15) is 361 Å². The highest BCUT2D eigenvalue weighted by molar-refractivity contribution is 5.71. The summed E-state index contributed by atoms with van der Waals surface area (Å²) in [5, 5.41) is 0. The SMILES string of the molecule is CCCC/C=C\C/C=C\CCCCCCCC(=O)OCC(COC(=O)CCCCCCCCCCCCCCC/C=C\CCCCCCCCCC)OC(=O)CCCCCCCCCCC/C=C\C/C=C\CCCCCCC. The van der Waals surface area contributed by atoms with Gasteiger partial charge in [-0.1, -0.05) is 300 Å². The summed E-state index contributed by atoms with van der Waals surface area (Å²) < 4.78 is 17.0. The molecule has 6 nitrogen and oxygen atoms in total. The lowest BCUT2D eigenvalue weighted by Crippen LogP contribution is -2.30. The molecular formula is C72H130O6. The largest absolute Gasteiger partial charge is 0.462 e. The number of esters is 3. The summed E-state index contributed by atoms with van der Waals surface area (Å²) in [6.07, 6.45) is 85.2. The van der Waals surface area contributed by atoms with E-state index >= 15 is 0 Å². The lowest BCUT2D eigenvalue weighted by Gasteiger charge is -2.18. The molecule has 0 aromatic rings. The molecule has 0 heterocycles. The first-order valence-corrected chi connectivity index (χ1v) is 34.3. The Hall–Kier alpha value is -2.89. The van der Waals surface area contributed by atoms with Crippen LogP contribution in [-0.4, -0.2) is 37.2 Å². The van der Waals surface area contributed by atoms with Gasteiger partial charge in [0.1, 0.15) is 13.2 Å². The molecular weight excluding hydrogens is 961 g/mol. The van der Waals surface area contributed by atoms with Gasteiger partial charge in [-0.25, -0.2) is 0 Å². The van der Waals surface area contributed by atoms with Gasteiger partial charge in [-0.3, -0.25) is 14.4 Å². The predicted molar refractivity (Wildman–Crippen MR) is 339 cm³/mol. The molecule has 0 fully saturated rings. The number of hydrogen-bond donors (Lipinski definition) is 0. The summed E-state index contributed by atoms with van der Waals surface area (Å²) in [6, 6.07) is 0. The molecule has 454 valence electrons. The maximum atomic E-state index is 12.9. The first-order chi connectivity index (χ1) is 38.5. The Morgan fingerprint density at radius 3 is 0.756 bits per heavy atom. The number of hydrogen-bond acceptors (Lipinski definition) is 6. The van der Waals surface area contributed by atoms with Crippen LogP contribution >= 0.6 is 0 Å². The number of allylic oxidation sites excluding steroid dienone is 10. The van der Waals surface area contributed by atoms with Crippen molar-refractivity contribution in [3.63, 3.8) is 0 Å². The monoisotopic (exact) mass is 1090 g/mol. The summed E-state index contributed by atoms with van der Waals surface area (Å²) in [6.45, 7) is 6.63. The summed E-state index contributed by atoms with van der Waals surface area (Å²) >= 11 is 0. The fourth-order valence-corrected chi connectivity index (χ4v) is 10.0. The van der Waals surface area contributed by atoms with Crippen molar-refractivity contribution < 1.29 is 28.6 Å². The Morgan fingerprint density at radius 1 is 0.256 bits per heavy atom. The van der Waals surface area contributed by atoms with Crippen LogP contribution in [0.25, 0.3) is 0 Å². The van der Waals surface area contributed by atoms with Crippen molar-refractivity contribution in [1.82, 2.24) is 0 Å². The van der Waals surface area contributed by atoms with Gasteiger partial charge in [-0.05, 0) is 103 Å². The minimum absolute atomic E-state index is 0.0782. The molecule has 0 aliphatic rings. The third-order valence-electron chi connectivity index (χ3n) is 15.2. The lowest BCUT2D eigenvalue weighted by molar-refractivity contribution is -0.167. The molecule has 0 aliphatic carbocycles. The second kappa shape index (κ2) is 66.6. The van der Waals surface area contributed by atoms with Crippen LogP contribution in [0.4, 0.5) is 0 Å². The van der Waals surface area contributed by atoms with Crippen LogP contribution in [0.3, 0.4) is 0 Å². The summed E-state index contributed by atoms with van der Waals surface area (Å²) in [7, 11) is 0. The molecule has 0 spiro atoms. The molecule has 0 saturated carbocycles. The van der Waals surface area contributed by atoms with Crippen LogP contribution in [-0.2, 0) is 28.6 Å². The van der Waals surface area contributed by atoms with Crippen LogP contribution in [0, 0.1) is 0 Å². The van der Waals surface area contributed by atoms with Crippen molar-refractivity contribution >= 4 is 17.9 Å². The van der Waals surface area contributed by atoms with E-state index in [2.05, 4.69) is 81.5 Å². The topological polar surface area (TPSA) is 78.9 Å². The van der Waals surface area contributed by atoms with Crippen molar-refractivity contribution in [2.45, 2.75) is 367 Å². The first-order valence-electron chi connectivity index (χ1n) is 34.3. The predicted octanol–water partition coefficient (Wildman–Crippen LogP) is 23.5. The zero-order valence-electron chi connectivity index (χ0n) is 52.2. The van der Waals surface area contributed by atoms with Crippen LogP contribution < -0.4 is 0 Å². The number of unbranched alkanes of at least 4 members (excludes halogenated alkanes) is 42. The molecule has 6 heteroatoms. The van der Waals surface area contributed by atoms with Gasteiger partial charge in [-0.2, -0.15) is 0 Å². The smallest absolute Gasteiger partial charge is 0.306 e. The molecule has 0 bridgehead atoms. The molecule has 0 aromatic heterocycles. The van der Waals surface area contributed by atoms with E-state index in [1.807, 2.05) is 0 Å². The standard InChI is InChI=1S/C72H130O6/c1-4-7-10-13-16-19-22-25-28-30-32-34-35-36-37-39-40-42-44-47-50-53-56-59-62-65-71(74)77-68-69(67-76-70(73)64-61-58-55-52-49-46-27-24-21-18-15-12-9-6-3)78-72(75)66-63-60-57-54-51-48-45-43-41-38-33-31-29-26-23-20-17-14-11-8-5-2/h15,18,23-24,26-27,30-33,69H,4-14,16-17,19-22,25,28-29,34-68H2,1-3H3/b18-15-,26-23-,27-24-,32-30-,33-31-. The second-order valence-corrected chi connectivity index (χ2v) is 23.1. The van der Waals surface area contributed by atoms with Gasteiger partial charge in [0.25, 0.3) is 0 Å². The van der Waals surface area contributed by atoms with Crippen molar-refractivity contribution in [2.24, 2.45) is 0 Å². The minimum Gasteiger partial charge on any atom is -0.462 e. The number of ether oxygens (including phenoxy) is 3. The number of rotatable bonds is 63. The average Bonchev–Trinajstić information content (AvgIpc) is 3.44. The fourth-order valence-electron chi connectivity index (χ4n) is 10.0. The zero-order chi connectivity index (χ0) is 56.4. The third kappa shape index (κ3) is 63.9. The normalized spacial score (nSPS) is 12.4. The maximum Gasteiger partial charge on any atom is 0.306 e. The van der Waals surface area contributed by atoms with E-state index in [0.29, 0.717) is 19.3 Å². The number of carbonyl (C=O) groups is 3. The zero-order valence-corrected chi connectivity index (χ0v) is 52.2. The molecule has 0 N–H and O–H groups in total. The number of carbonyl (C=O) groups excluding carboxylic acids is 3. The molecule has 0 aliphatic heterocycles. The van der Waals surface area contributed by atoms with Gasteiger partial charge < -0.3 is 14.2 Å². The Bertz CT molecular complexity index is 1390. The molecule has 0 rings (SSSR count). The Morgan fingerprint density at radius 2 is 0.474 bits per heavy atom. The Kier molecular flexibility index (Phi) is 64.2. The molecule has 1 atom stereocenters. The highest BCUT2D eigenvalue weighted by Gasteiger charge is 2.19. The first kappa shape index (κ1) is 75.1. The molecule has 78 heavy (non-hydrogen) atoms. The van der Waals surface area contributed by atoms with Gasteiger partial charge in [0, 0.05) is 19.3 Å². The van der Waals surface area contributed by atoms with E-state index in [1.165, 1.54) is 238 Å². The van der Waals surface area contributed by atoms with Crippen LogP contribution in [0.2, 0.25) is 0 Å². The van der Waals surface area contributed by atoms with Crippen molar-refractivity contribution in [2.75, 3.05) is 13.2 Å². The van der Waals surface area contributed by atoms with Gasteiger partial charge in [0.05, 0.1) is 0 Å². The lowest BCUT2D eigenvalue weighted by atomic mass is 10.0. The molecule has 0 radical (unpaired) electrons. The minimum atomic E-state index is -0.783. The fraction of sp³-hybridized carbons (Fsp3) is 0.819. The molecule has 1 unspecified atom stereocenters. The van der Waals surface area contributed by atoms with E-state index in [-0.39, 0.29) is 31.1 Å². The Balaban J connectivity index is 4.29. The van der Waals surface area contributed by atoms with Crippen molar-refractivity contribution in [3.05, 3.63) is 60.8 Å². The maximum absolute atomic E-state index is 12.9. The van der Waals surface area contributed by atoms with E-state index in [9.17, 15) is 14.4 Å². The average molecular weight is 1090 g/mol. The third-order valence-corrected chi connectivity index (χ3v) is 15.2. The van der Waals surface area contributed by atoms with E-state index in [1.54, 1.807) is 0 Å². The Labute approximate surface area is 485 Å². The van der Waals surface area contributed by atoms with Gasteiger partial charge in [-0.15, -0.1) is 0 Å². The van der Waals surface area contributed by atoms with Crippen LogP contribution in [0.5, 0.6) is 0 Å². The second-order valence-electron chi connectivity index (χ2n) is 23.1. The molecule has 0 amide bonds. The summed E-state index contributed by atoms with van der Waals surface area (Å²) in [5.74, 6) is -0.877. The van der Waals surface area contributed by atoms with E-state index in [0.717, 1.165) is 83.5 Å². The van der Waals surface area contributed by atoms with Gasteiger partial charge in [0.15, 0.2) is 6.10 Å². The molecule has 0 saturated heterocycles. The van der Waals surface area contributed by atoms with Crippen molar-refractivity contribution in [3.8, 4) is 0 Å². The van der Waals surface area contributed by atoms with E-state index < -0.39 is 6.10 Å². The van der Waals surface area contributed by atoms with Crippen molar-refractivity contribution in [1.29, 1.82) is 0 Å². The summed E-state index contributed by atoms with van der Waals surface area (Å²) in [5.41, 5.74) is 0. The van der Waals surface area contributed by atoms with E-state index in [4.69, 9.17) is 14.2 Å².